The molecule has 0 aromatic heterocycles. The molecule has 48 heavy (non-hydrogen) atoms. The van der Waals surface area contributed by atoms with E-state index in [0.29, 0.717) is 11.4 Å². The maximum absolute atomic E-state index is 13.4. The Morgan fingerprint density at radius 1 is 0.500 bits per heavy atom. The second-order valence-corrected chi connectivity index (χ2v) is 12.3. The van der Waals surface area contributed by atoms with Crippen molar-refractivity contribution in [2.45, 2.75) is 25.7 Å². The quantitative estimate of drug-likeness (QED) is 0.107. The number of hydrogen-bond donors (Lipinski definition) is 2. The van der Waals surface area contributed by atoms with Crippen molar-refractivity contribution in [2.24, 2.45) is 24.6 Å². The van der Waals surface area contributed by atoms with Crippen LogP contribution in [0.15, 0.2) is 175 Å². The molecule has 0 aliphatic carbocycles. The van der Waals surface area contributed by atoms with Crippen molar-refractivity contribution in [2.75, 3.05) is 0 Å². The van der Waals surface area contributed by atoms with Gasteiger partial charge in [0.15, 0.2) is 0 Å². The first-order valence-corrected chi connectivity index (χ1v) is 16.6. The van der Waals surface area contributed by atoms with Crippen molar-refractivity contribution in [1.82, 2.24) is 10.9 Å². The van der Waals surface area contributed by atoms with Crippen LogP contribution in [0.4, 0.5) is 0 Å². The highest BCUT2D eigenvalue weighted by atomic mass is 32.2. The second kappa shape index (κ2) is 16.0. The number of nitrogens with zero attached hydrogens (tertiary/aromatic N) is 5. The maximum Gasteiger partial charge on any atom is 0.285 e. The van der Waals surface area contributed by atoms with E-state index in [-0.39, 0.29) is 22.5 Å². The van der Waals surface area contributed by atoms with Gasteiger partial charge in [0, 0.05) is 22.3 Å². The second-order valence-electron chi connectivity index (χ2n) is 10.7. The van der Waals surface area contributed by atoms with Gasteiger partial charge in [0.1, 0.15) is 11.7 Å². The average Bonchev–Trinajstić information content (AvgIpc) is 3.10. The molecule has 0 aliphatic heterocycles. The van der Waals surface area contributed by atoms with Crippen molar-refractivity contribution in [3.8, 4) is 0 Å². The molecule has 5 aromatic rings. The molecule has 5 rings (SSSR count). The van der Waals surface area contributed by atoms with Crippen LogP contribution in [-0.2, 0) is 10.0 Å². The van der Waals surface area contributed by atoms with Gasteiger partial charge in [0.2, 0.25) is 0 Å². The molecular weight excluding hydrogens is 619 g/mol. The van der Waals surface area contributed by atoms with E-state index in [1.807, 2.05) is 128 Å². The highest BCUT2D eigenvalue weighted by Gasteiger charge is 2.15. The third-order valence-corrected chi connectivity index (χ3v) is 8.18. The van der Waals surface area contributed by atoms with E-state index in [2.05, 4.69) is 35.4 Å². The van der Waals surface area contributed by atoms with Gasteiger partial charge in [-0.15, -0.1) is 4.40 Å². The average molecular weight is 654 g/mol. The lowest BCUT2D eigenvalue weighted by atomic mass is 10.0. The zero-order chi connectivity index (χ0) is 33.8. The summed E-state index contributed by atoms with van der Waals surface area (Å²) in [5, 5.41) is 9.27. The van der Waals surface area contributed by atoms with Gasteiger partial charge in [-0.05, 0) is 32.9 Å². The summed E-state index contributed by atoms with van der Waals surface area (Å²) in [5.41, 5.74) is 11.8. The lowest BCUT2D eigenvalue weighted by Gasteiger charge is -2.09. The minimum absolute atomic E-state index is 0.0224. The predicted molar refractivity (Wildman–Crippen MR) is 195 cm³/mol. The van der Waals surface area contributed by atoms with Gasteiger partial charge in [-0.3, -0.25) is 10.9 Å². The van der Waals surface area contributed by atoms with Crippen LogP contribution in [0.25, 0.3) is 0 Å². The van der Waals surface area contributed by atoms with Gasteiger partial charge >= 0.3 is 0 Å². The Morgan fingerprint density at radius 2 is 0.833 bits per heavy atom. The summed E-state index contributed by atoms with van der Waals surface area (Å²) in [4.78, 5) is 8.90. The lowest BCUT2D eigenvalue weighted by Crippen LogP contribution is -2.21. The summed E-state index contributed by atoms with van der Waals surface area (Å²) in [6.45, 7) is 5.19. The molecule has 0 unspecified atom stereocenters. The molecule has 2 N–H and O–H groups in total. The number of sulfonamides is 1. The molecule has 0 bridgehead atoms. The standard InChI is InChI=1S/C38H35N7O2S/c1-28-24-26-35(27-25-28)48(46,47)45-38(39-29(2)41-43-36(31-16-8-4-9-17-31)32-18-10-5-11-19-32)40-30(3)42-44-37(33-20-12-6-13-21-33)34-22-14-7-15-23-34/h4-27H,1-3H3,(H2,39,40,41,42,45). The third-order valence-electron chi connectivity index (χ3n) is 6.90. The van der Waals surface area contributed by atoms with Gasteiger partial charge in [-0.2, -0.15) is 28.6 Å². The van der Waals surface area contributed by atoms with Gasteiger partial charge in [0.05, 0.1) is 16.3 Å². The van der Waals surface area contributed by atoms with Gasteiger partial charge in [0.25, 0.3) is 16.0 Å². The van der Waals surface area contributed by atoms with Crippen LogP contribution < -0.4 is 10.9 Å². The van der Waals surface area contributed by atoms with Gasteiger partial charge < -0.3 is 0 Å². The lowest BCUT2D eigenvalue weighted by molar-refractivity contribution is 0.598. The Balaban J connectivity index is 1.51. The van der Waals surface area contributed by atoms with Gasteiger partial charge in [-0.1, -0.05) is 139 Å². The molecule has 5 aromatic carbocycles. The summed E-state index contributed by atoms with van der Waals surface area (Å²) in [6, 6.07) is 45.3. The van der Waals surface area contributed by atoms with Crippen LogP contribution in [-0.4, -0.2) is 37.5 Å². The molecule has 9 nitrogen and oxygen atoms in total. The van der Waals surface area contributed by atoms with Crippen molar-refractivity contribution >= 4 is 39.1 Å². The number of guanidine groups is 1. The van der Waals surface area contributed by atoms with Crippen LogP contribution in [0.2, 0.25) is 0 Å². The smallest absolute Gasteiger partial charge is 0.264 e. The van der Waals surface area contributed by atoms with Crippen molar-refractivity contribution in [1.29, 1.82) is 0 Å². The largest absolute Gasteiger partial charge is 0.285 e. The SMILES string of the molecule is C/C(=N\C(=NS(=O)(=O)c1ccc(C)cc1)/N=C(\C)NN=C(c1ccccc1)c1ccccc1)NN=C(c1ccccc1)c1ccccc1. The first-order valence-electron chi connectivity index (χ1n) is 15.2. The molecule has 0 saturated heterocycles. The molecule has 0 amide bonds. The molecule has 240 valence electrons. The highest BCUT2D eigenvalue weighted by molar-refractivity contribution is 7.90. The number of hydrogen-bond acceptors (Lipinski definition) is 4. The Morgan fingerprint density at radius 3 is 1.17 bits per heavy atom. The number of aryl methyl sites for hydroxylation is 1. The minimum atomic E-state index is -4.16. The van der Waals surface area contributed by atoms with Crippen LogP contribution in [0.3, 0.4) is 0 Å². The fraction of sp³-hybridized carbons (Fsp3) is 0.0789. The van der Waals surface area contributed by atoms with Gasteiger partial charge in [-0.25, -0.2) is 0 Å². The van der Waals surface area contributed by atoms with E-state index < -0.39 is 10.0 Å². The summed E-state index contributed by atoms with van der Waals surface area (Å²) >= 11 is 0. The summed E-state index contributed by atoms with van der Waals surface area (Å²) in [6.07, 6.45) is 0. The normalized spacial score (nSPS) is 11.6. The third kappa shape index (κ3) is 9.27. The fourth-order valence-electron chi connectivity index (χ4n) is 4.54. The first-order chi connectivity index (χ1) is 23.3. The van der Waals surface area contributed by atoms with Crippen LogP contribution >= 0.6 is 0 Å². The Kier molecular flexibility index (Phi) is 11.1. The summed E-state index contributed by atoms with van der Waals surface area (Å²) < 4.78 is 30.7. The van der Waals surface area contributed by atoms with Crippen LogP contribution in [0.5, 0.6) is 0 Å². The monoisotopic (exact) mass is 653 g/mol. The number of nitrogens with one attached hydrogen (secondary N) is 2. The van der Waals surface area contributed by atoms with E-state index in [1.54, 1.807) is 26.0 Å². The molecule has 0 heterocycles. The molecule has 0 spiro atoms. The highest BCUT2D eigenvalue weighted by Crippen LogP contribution is 2.15. The number of rotatable bonds is 8. The first kappa shape index (κ1) is 33.4. The van der Waals surface area contributed by atoms with E-state index in [9.17, 15) is 8.42 Å². The molecule has 0 saturated carbocycles. The van der Waals surface area contributed by atoms with E-state index in [4.69, 9.17) is 0 Å². The minimum Gasteiger partial charge on any atom is -0.264 e. The number of amidine groups is 2. The van der Waals surface area contributed by atoms with E-state index in [0.717, 1.165) is 27.8 Å². The van der Waals surface area contributed by atoms with E-state index in [1.165, 1.54) is 12.1 Å². The number of benzene rings is 5. The zero-order valence-electron chi connectivity index (χ0n) is 26.8. The van der Waals surface area contributed by atoms with Crippen LogP contribution in [0.1, 0.15) is 41.7 Å². The van der Waals surface area contributed by atoms with E-state index >= 15 is 0 Å². The summed E-state index contributed by atoms with van der Waals surface area (Å²) in [5.74, 6) is 0.232. The number of aliphatic imine (C=N–C) groups is 2. The van der Waals surface area contributed by atoms with Crippen molar-refractivity contribution in [3.05, 3.63) is 173 Å². The Labute approximate surface area is 281 Å². The Bertz CT molecular complexity index is 1880. The molecule has 0 atom stereocenters. The molecule has 0 aliphatic rings. The fourth-order valence-corrected chi connectivity index (χ4v) is 5.42. The van der Waals surface area contributed by atoms with Crippen molar-refractivity contribution < 1.29 is 8.42 Å². The molecule has 10 heteroatoms. The molecule has 0 fully saturated rings. The van der Waals surface area contributed by atoms with Crippen molar-refractivity contribution in [3.63, 3.8) is 0 Å². The van der Waals surface area contributed by atoms with Crippen LogP contribution in [0, 0.1) is 6.92 Å². The zero-order valence-corrected chi connectivity index (χ0v) is 27.6. The predicted octanol–water partition coefficient (Wildman–Crippen LogP) is 6.96. The maximum atomic E-state index is 13.4. The Hall–Kier alpha value is -6.00. The molecule has 0 radical (unpaired) electrons. The molecular formula is C38H35N7O2S. The number of hydrazone groups is 2. The summed E-state index contributed by atoms with van der Waals surface area (Å²) in [7, 11) is -4.16. The topological polar surface area (TPSA) is 120 Å².